The third-order valence-electron chi connectivity index (χ3n) is 3.68. The molecule has 19 heavy (non-hydrogen) atoms. The number of carbonyl (C=O) groups excluding carboxylic acids is 1. The summed E-state index contributed by atoms with van der Waals surface area (Å²) in [5.74, 6) is 0.125. The summed E-state index contributed by atoms with van der Waals surface area (Å²) in [6.45, 7) is 5.39. The molecule has 104 valence electrons. The Bertz CT molecular complexity index is 486. The lowest BCUT2D eigenvalue weighted by Gasteiger charge is -2.35. The summed E-state index contributed by atoms with van der Waals surface area (Å²) in [6.07, 6.45) is 4.60. The average Bonchev–Trinajstić information content (AvgIpc) is 3.10. The molecule has 0 N–H and O–H groups in total. The van der Waals surface area contributed by atoms with E-state index in [0.29, 0.717) is 19.1 Å². The Balaban J connectivity index is 1.83. The summed E-state index contributed by atoms with van der Waals surface area (Å²) in [4.78, 5) is 14.6. The number of carbonyl (C=O) groups is 1. The second-order valence-corrected chi connectivity index (χ2v) is 6.57. The zero-order valence-corrected chi connectivity index (χ0v) is 12.9. The molecule has 5 heteroatoms. The lowest BCUT2D eigenvalue weighted by molar-refractivity contribution is -0.0588. The van der Waals surface area contributed by atoms with Gasteiger partial charge in [0.15, 0.2) is 0 Å². The number of amides is 1. The topological polar surface area (TPSA) is 34.5 Å². The van der Waals surface area contributed by atoms with Crippen molar-refractivity contribution in [3.05, 3.63) is 22.4 Å². The molecule has 1 aliphatic carbocycles. The monoisotopic (exact) mass is 326 g/mol. The standard InChI is InChI=1S/C14H19BrN2O2/c1-9-6-16(7-10(2)19-9)14(18)13-5-11(15)8-17(13)12-3-4-12/h5,8-10,12H,3-4,6-7H2,1-2H3. The zero-order chi connectivity index (χ0) is 13.6. The van der Waals surface area contributed by atoms with Crippen LogP contribution in [0.3, 0.4) is 0 Å². The predicted molar refractivity (Wildman–Crippen MR) is 76.3 cm³/mol. The van der Waals surface area contributed by atoms with Crippen molar-refractivity contribution in [2.75, 3.05) is 13.1 Å². The molecule has 1 amide bonds. The van der Waals surface area contributed by atoms with E-state index in [1.165, 1.54) is 12.8 Å². The molecule has 2 atom stereocenters. The van der Waals surface area contributed by atoms with E-state index < -0.39 is 0 Å². The van der Waals surface area contributed by atoms with Gasteiger partial charge in [-0.2, -0.15) is 0 Å². The minimum Gasteiger partial charge on any atom is -0.372 e. The molecule has 2 aliphatic rings. The molecule has 2 unspecified atom stereocenters. The van der Waals surface area contributed by atoms with Gasteiger partial charge in [0, 0.05) is 29.8 Å². The van der Waals surface area contributed by atoms with E-state index in [9.17, 15) is 4.79 Å². The highest BCUT2D eigenvalue weighted by Gasteiger charge is 2.32. The van der Waals surface area contributed by atoms with Gasteiger partial charge in [-0.1, -0.05) is 0 Å². The van der Waals surface area contributed by atoms with Crippen LogP contribution in [0.1, 0.15) is 43.2 Å². The van der Waals surface area contributed by atoms with Gasteiger partial charge in [-0.3, -0.25) is 4.79 Å². The maximum Gasteiger partial charge on any atom is 0.270 e. The van der Waals surface area contributed by atoms with Crippen molar-refractivity contribution in [1.82, 2.24) is 9.47 Å². The fourth-order valence-electron chi connectivity index (χ4n) is 2.78. The predicted octanol–water partition coefficient (Wildman–Crippen LogP) is 2.83. The Morgan fingerprint density at radius 2 is 1.95 bits per heavy atom. The Morgan fingerprint density at radius 3 is 2.53 bits per heavy atom. The molecule has 2 fully saturated rings. The Kier molecular flexibility index (Phi) is 3.43. The van der Waals surface area contributed by atoms with Crippen LogP contribution in [0.2, 0.25) is 0 Å². The minimum absolute atomic E-state index is 0.112. The van der Waals surface area contributed by atoms with Gasteiger partial charge in [-0.15, -0.1) is 0 Å². The first-order valence-electron chi connectivity index (χ1n) is 6.86. The van der Waals surface area contributed by atoms with Gasteiger partial charge in [-0.25, -0.2) is 0 Å². The number of morpholine rings is 1. The van der Waals surface area contributed by atoms with E-state index in [2.05, 4.69) is 20.5 Å². The molecule has 2 heterocycles. The van der Waals surface area contributed by atoms with Crippen molar-refractivity contribution in [2.45, 2.75) is 44.9 Å². The average molecular weight is 327 g/mol. The third kappa shape index (κ3) is 2.72. The number of hydrogen-bond acceptors (Lipinski definition) is 2. The lowest BCUT2D eigenvalue weighted by atomic mass is 10.2. The first-order chi connectivity index (χ1) is 9.04. The maximum absolute atomic E-state index is 12.7. The van der Waals surface area contributed by atoms with Crippen LogP contribution in [0, 0.1) is 0 Å². The van der Waals surface area contributed by atoms with E-state index >= 15 is 0 Å². The molecule has 1 aromatic rings. The number of aromatic nitrogens is 1. The molecule has 1 saturated heterocycles. The highest BCUT2D eigenvalue weighted by Crippen LogP contribution is 2.37. The van der Waals surface area contributed by atoms with Gasteiger partial charge in [-0.05, 0) is 48.7 Å². The second kappa shape index (κ2) is 4.94. The van der Waals surface area contributed by atoms with Crippen LogP contribution in [0.25, 0.3) is 0 Å². The fourth-order valence-corrected chi connectivity index (χ4v) is 3.21. The molecule has 4 nitrogen and oxygen atoms in total. The van der Waals surface area contributed by atoms with Gasteiger partial charge >= 0.3 is 0 Å². The van der Waals surface area contributed by atoms with Crippen LogP contribution in [0.4, 0.5) is 0 Å². The number of hydrogen-bond donors (Lipinski definition) is 0. The molecule has 1 aromatic heterocycles. The normalized spacial score (nSPS) is 27.6. The number of nitrogens with zero attached hydrogens (tertiary/aromatic N) is 2. The van der Waals surface area contributed by atoms with Gasteiger partial charge in [0.2, 0.25) is 0 Å². The van der Waals surface area contributed by atoms with E-state index in [4.69, 9.17) is 4.74 Å². The van der Waals surface area contributed by atoms with Crippen molar-refractivity contribution in [3.63, 3.8) is 0 Å². The summed E-state index contributed by atoms with van der Waals surface area (Å²) in [7, 11) is 0. The first kappa shape index (κ1) is 13.2. The van der Waals surface area contributed by atoms with E-state index in [1.54, 1.807) is 0 Å². The fraction of sp³-hybridized carbons (Fsp3) is 0.643. The highest BCUT2D eigenvalue weighted by atomic mass is 79.9. The quantitative estimate of drug-likeness (QED) is 0.837. The Labute approximate surface area is 121 Å². The van der Waals surface area contributed by atoms with Crippen molar-refractivity contribution in [3.8, 4) is 0 Å². The molecule has 0 aromatic carbocycles. The summed E-state index contributed by atoms with van der Waals surface area (Å²) < 4.78 is 8.79. The van der Waals surface area contributed by atoms with E-state index in [-0.39, 0.29) is 18.1 Å². The Hall–Kier alpha value is -0.810. The van der Waals surface area contributed by atoms with E-state index in [1.807, 2.05) is 31.0 Å². The number of ether oxygens (including phenoxy) is 1. The van der Waals surface area contributed by atoms with Crippen molar-refractivity contribution in [2.24, 2.45) is 0 Å². The zero-order valence-electron chi connectivity index (χ0n) is 11.3. The van der Waals surface area contributed by atoms with Crippen molar-refractivity contribution >= 4 is 21.8 Å². The van der Waals surface area contributed by atoms with Crippen LogP contribution in [-0.4, -0.2) is 40.7 Å². The smallest absolute Gasteiger partial charge is 0.270 e. The van der Waals surface area contributed by atoms with Gasteiger partial charge in [0.05, 0.1) is 12.2 Å². The lowest BCUT2D eigenvalue weighted by Crippen LogP contribution is -2.48. The molecule has 1 saturated carbocycles. The SMILES string of the molecule is CC1CN(C(=O)c2cc(Br)cn2C2CC2)CC(C)O1. The number of halogens is 1. The molecule has 0 spiro atoms. The van der Waals surface area contributed by atoms with Gasteiger partial charge < -0.3 is 14.2 Å². The molecule has 1 aliphatic heterocycles. The third-order valence-corrected chi connectivity index (χ3v) is 4.12. The Morgan fingerprint density at radius 1 is 1.32 bits per heavy atom. The molecular formula is C14H19BrN2O2. The molecule has 3 rings (SSSR count). The molecular weight excluding hydrogens is 308 g/mol. The summed E-state index contributed by atoms with van der Waals surface area (Å²) in [6, 6.07) is 2.45. The maximum atomic E-state index is 12.7. The summed E-state index contributed by atoms with van der Waals surface area (Å²) >= 11 is 3.48. The van der Waals surface area contributed by atoms with Crippen molar-refractivity contribution in [1.29, 1.82) is 0 Å². The molecule has 0 bridgehead atoms. The van der Waals surface area contributed by atoms with E-state index in [0.717, 1.165) is 10.2 Å². The first-order valence-corrected chi connectivity index (χ1v) is 7.66. The second-order valence-electron chi connectivity index (χ2n) is 5.65. The van der Waals surface area contributed by atoms with Crippen LogP contribution >= 0.6 is 15.9 Å². The summed E-state index contributed by atoms with van der Waals surface area (Å²) in [5.41, 5.74) is 0.802. The summed E-state index contributed by atoms with van der Waals surface area (Å²) in [5, 5.41) is 0. The van der Waals surface area contributed by atoms with Crippen LogP contribution in [-0.2, 0) is 4.74 Å². The van der Waals surface area contributed by atoms with Crippen molar-refractivity contribution < 1.29 is 9.53 Å². The van der Waals surface area contributed by atoms with Crippen LogP contribution in [0.5, 0.6) is 0 Å². The highest BCUT2D eigenvalue weighted by molar-refractivity contribution is 9.10. The minimum atomic E-state index is 0.112. The molecule has 0 radical (unpaired) electrons. The van der Waals surface area contributed by atoms with Gasteiger partial charge in [0.1, 0.15) is 5.69 Å². The van der Waals surface area contributed by atoms with Gasteiger partial charge in [0.25, 0.3) is 5.91 Å². The largest absolute Gasteiger partial charge is 0.372 e. The van der Waals surface area contributed by atoms with Crippen LogP contribution in [0.15, 0.2) is 16.7 Å². The van der Waals surface area contributed by atoms with Crippen LogP contribution < -0.4 is 0 Å². The number of rotatable bonds is 2.